The zero-order valence-electron chi connectivity index (χ0n) is 6.89. The molecular formula is C9H12O2. The molecule has 0 aromatic carbocycles. The van der Waals surface area contributed by atoms with Gasteiger partial charge >= 0.3 is 5.97 Å². The summed E-state index contributed by atoms with van der Waals surface area (Å²) in [7, 11) is 0. The van der Waals surface area contributed by atoms with E-state index in [2.05, 4.69) is 5.92 Å². The van der Waals surface area contributed by atoms with Crippen LogP contribution in [0.1, 0.15) is 20.3 Å². The van der Waals surface area contributed by atoms with Crippen molar-refractivity contribution in [2.24, 2.45) is 11.3 Å². The molecule has 11 heavy (non-hydrogen) atoms. The van der Waals surface area contributed by atoms with Crippen LogP contribution in [0.4, 0.5) is 0 Å². The zero-order valence-corrected chi connectivity index (χ0v) is 6.89. The first-order valence-electron chi connectivity index (χ1n) is 3.68. The van der Waals surface area contributed by atoms with Crippen LogP contribution in [0.3, 0.4) is 0 Å². The highest BCUT2D eigenvalue weighted by atomic mass is 16.5. The fraction of sp³-hybridized carbons (Fsp3) is 0.667. The van der Waals surface area contributed by atoms with Gasteiger partial charge in [0.2, 0.25) is 0 Å². The van der Waals surface area contributed by atoms with Crippen LogP contribution in [-0.4, -0.2) is 12.6 Å². The van der Waals surface area contributed by atoms with Crippen LogP contribution in [0.25, 0.3) is 0 Å². The molecule has 1 fully saturated rings. The van der Waals surface area contributed by atoms with E-state index in [1.807, 2.05) is 13.8 Å². The van der Waals surface area contributed by atoms with Crippen LogP contribution < -0.4 is 0 Å². The van der Waals surface area contributed by atoms with E-state index in [1.165, 1.54) is 0 Å². The lowest BCUT2D eigenvalue weighted by molar-refractivity contribution is -0.155. The number of carbonyl (C=O) groups excluding carboxylic acids is 1. The summed E-state index contributed by atoms with van der Waals surface area (Å²) in [5, 5.41) is 0. The van der Waals surface area contributed by atoms with Crippen LogP contribution in [0.2, 0.25) is 0 Å². The lowest BCUT2D eigenvalue weighted by Gasteiger charge is -2.33. The summed E-state index contributed by atoms with van der Waals surface area (Å²) in [6, 6.07) is 0. The summed E-state index contributed by atoms with van der Waals surface area (Å²) >= 11 is 0. The molecule has 1 aliphatic rings. The summed E-state index contributed by atoms with van der Waals surface area (Å²) in [6.07, 6.45) is 5.65. The largest absolute Gasteiger partial charge is 0.465 e. The van der Waals surface area contributed by atoms with Gasteiger partial charge in [-0.05, 0) is 0 Å². The quantitative estimate of drug-likeness (QED) is 0.385. The van der Waals surface area contributed by atoms with Crippen molar-refractivity contribution in [1.82, 2.24) is 0 Å². The van der Waals surface area contributed by atoms with Gasteiger partial charge in [0, 0.05) is 11.3 Å². The predicted molar refractivity (Wildman–Crippen MR) is 41.7 cm³/mol. The summed E-state index contributed by atoms with van der Waals surface area (Å²) in [5.74, 6) is 2.48. The van der Waals surface area contributed by atoms with Crippen molar-refractivity contribution in [3.63, 3.8) is 0 Å². The molecule has 0 aromatic heterocycles. The number of esters is 1. The molecule has 0 bridgehead atoms. The Balaban J connectivity index is 2.73. The van der Waals surface area contributed by atoms with Crippen molar-refractivity contribution in [3.05, 3.63) is 0 Å². The highest BCUT2D eigenvalue weighted by Crippen LogP contribution is 2.33. The molecule has 0 saturated carbocycles. The van der Waals surface area contributed by atoms with E-state index in [1.54, 1.807) is 0 Å². The Hall–Kier alpha value is -0.970. The molecule has 2 nitrogen and oxygen atoms in total. The number of terminal acetylenes is 1. The van der Waals surface area contributed by atoms with Crippen LogP contribution >= 0.6 is 0 Å². The lowest BCUT2D eigenvalue weighted by atomic mass is 9.77. The molecule has 1 unspecified atom stereocenters. The van der Waals surface area contributed by atoms with Gasteiger partial charge in [-0.25, -0.2) is 0 Å². The minimum absolute atomic E-state index is 0.0312. The molecule has 0 aliphatic carbocycles. The number of rotatable bonds is 0. The average molecular weight is 152 g/mol. The zero-order chi connectivity index (χ0) is 8.48. The smallest absolute Gasteiger partial charge is 0.307 e. The van der Waals surface area contributed by atoms with Crippen molar-refractivity contribution in [1.29, 1.82) is 0 Å². The molecule has 1 heterocycles. The Morgan fingerprint density at radius 1 is 1.73 bits per heavy atom. The van der Waals surface area contributed by atoms with Gasteiger partial charge in [-0.2, -0.15) is 0 Å². The van der Waals surface area contributed by atoms with E-state index in [0.717, 1.165) is 0 Å². The fourth-order valence-electron chi connectivity index (χ4n) is 1.15. The Labute approximate surface area is 66.9 Å². The SMILES string of the molecule is C#CC1CC(=O)OCC1(C)C. The molecular weight excluding hydrogens is 140 g/mol. The first-order valence-corrected chi connectivity index (χ1v) is 3.68. The van der Waals surface area contributed by atoms with E-state index in [9.17, 15) is 4.79 Å². The molecule has 0 radical (unpaired) electrons. The monoisotopic (exact) mass is 152 g/mol. The molecule has 0 amide bonds. The van der Waals surface area contributed by atoms with Crippen molar-refractivity contribution in [3.8, 4) is 12.3 Å². The van der Waals surface area contributed by atoms with Gasteiger partial charge in [0.05, 0.1) is 13.0 Å². The fourth-order valence-corrected chi connectivity index (χ4v) is 1.15. The molecule has 1 rings (SSSR count). The van der Waals surface area contributed by atoms with Crippen molar-refractivity contribution >= 4 is 5.97 Å². The van der Waals surface area contributed by atoms with Gasteiger partial charge in [-0.1, -0.05) is 13.8 Å². The topological polar surface area (TPSA) is 26.3 Å². The highest BCUT2D eigenvalue weighted by Gasteiger charge is 2.35. The minimum atomic E-state index is -0.174. The van der Waals surface area contributed by atoms with Gasteiger partial charge in [-0.3, -0.25) is 4.79 Å². The number of carbonyl (C=O) groups is 1. The normalized spacial score (nSPS) is 28.8. The summed E-state index contributed by atoms with van der Waals surface area (Å²) in [4.78, 5) is 10.8. The van der Waals surface area contributed by atoms with Crippen LogP contribution in [0, 0.1) is 23.7 Å². The lowest BCUT2D eigenvalue weighted by Crippen LogP contribution is -2.36. The standard InChI is InChI=1S/C9H12O2/c1-4-7-5-8(10)11-6-9(7,2)3/h1,7H,5-6H2,2-3H3. The van der Waals surface area contributed by atoms with Gasteiger partial charge in [-0.15, -0.1) is 12.3 Å². The second-order valence-electron chi connectivity index (χ2n) is 3.57. The van der Waals surface area contributed by atoms with Crippen molar-refractivity contribution < 1.29 is 9.53 Å². The molecule has 0 spiro atoms. The Morgan fingerprint density at radius 3 is 2.82 bits per heavy atom. The third-order valence-electron chi connectivity index (χ3n) is 2.12. The molecule has 1 saturated heterocycles. The Morgan fingerprint density at radius 2 is 2.36 bits per heavy atom. The summed E-state index contributed by atoms with van der Waals surface area (Å²) in [5.41, 5.74) is -0.0529. The van der Waals surface area contributed by atoms with Crippen LogP contribution in [0.15, 0.2) is 0 Å². The number of cyclic esters (lactones) is 1. The maximum atomic E-state index is 10.8. The number of ether oxygens (including phenoxy) is 1. The van der Waals surface area contributed by atoms with Crippen LogP contribution in [0.5, 0.6) is 0 Å². The van der Waals surface area contributed by atoms with E-state index in [0.29, 0.717) is 13.0 Å². The third kappa shape index (κ3) is 1.54. The Kier molecular flexibility index (Phi) is 1.90. The van der Waals surface area contributed by atoms with E-state index in [-0.39, 0.29) is 17.3 Å². The molecule has 1 atom stereocenters. The third-order valence-corrected chi connectivity index (χ3v) is 2.12. The van der Waals surface area contributed by atoms with Crippen molar-refractivity contribution in [2.75, 3.05) is 6.61 Å². The average Bonchev–Trinajstić information content (AvgIpc) is 1.94. The number of hydrogen-bond donors (Lipinski definition) is 0. The molecule has 2 heteroatoms. The first kappa shape index (κ1) is 8.13. The molecule has 60 valence electrons. The second kappa shape index (κ2) is 2.58. The van der Waals surface area contributed by atoms with E-state index < -0.39 is 0 Å². The van der Waals surface area contributed by atoms with E-state index in [4.69, 9.17) is 11.2 Å². The van der Waals surface area contributed by atoms with E-state index >= 15 is 0 Å². The summed E-state index contributed by atoms with van der Waals surface area (Å²) < 4.78 is 4.89. The first-order chi connectivity index (χ1) is 5.06. The molecule has 0 aromatic rings. The van der Waals surface area contributed by atoms with Crippen LogP contribution in [-0.2, 0) is 9.53 Å². The van der Waals surface area contributed by atoms with Gasteiger partial charge in [0.15, 0.2) is 0 Å². The number of hydrogen-bond acceptors (Lipinski definition) is 2. The molecule has 1 aliphatic heterocycles. The van der Waals surface area contributed by atoms with Gasteiger partial charge in [0.1, 0.15) is 0 Å². The van der Waals surface area contributed by atoms with Crippen molar-refractivity contribution in [2.45, 2.75) is 20.3 Å². The van der Waals surface area contributed by atoms with Gasteiger partial charge < -0.3 is 4.74 Å². The molecule has 0 N–H and O–H groups in total. The van der Waals surface area contributed by atoms with Gasteiger partial charge in [0.25, 0.3) is 0 Å². The predicted octanol–water partition coefficient (Wildman–Crippen LogP) is 1.21. The second-order valence-corrected chi connectivity index (χ2v) is 3.57. The summed E-state index contributed by atoms with van der Waals surface area (Å²) in [6.45, 7) is 4.48. The maximum Gasteiger partial charge on any atom is 0.307 e. The highest BCUT2D eigenvalue weighted by molar-refractivity contribution is 5.71. The Bertz CT molecular complexity index is 210. The maximum absolute atomic E-state index is 10.8. The minimum Gasteiger partial charge on any atom is -0.465 e.